The zero-order chi connectivity index (χ0) is 14.5. The van der Waals surface area contributed by atoms with Crippen LogP contribution in [0.15, 0.2) is 30.6 Å². The van der Waals surface area contributed by atoms with Crippen molar-refractivity contribution in [2.75, 3.05) is 0 Å². The van der Waals surface area contributed by atoms with E-state index in [4.69, 9.17) is 5.11 Å². The summed E-state index contributed by atoms with van der Waals surface area (Å²) in [5.74, 6) is -0.665. The molecule has 2 N–H and O–H groups in total. The number of carbonyl (C=O) groups is 1. The van der Waals surface area contributed by atoms with Crippen molar-refractivity contribution in [2.45, 2.75) is 70.8 Å². The van der Waals surface area contributed by atoms with Gasteiger partial charge in [0.15, 0.2) is 12.4 Å². The number of aryl methyl sites for hydroxylation is 1. The van der Waals surface area contributed by atoms with Gasteiger partial charge in [0, 0.05) is 25.0 Å². The van der Waals surface area contributed by atoms with Crippen LogP contribution >= 0.6 is 0 Å². The van der Waals surface area contributed by atoms with Crippen molar-refractivity contribution in [1.29, 1.82) is 0 Å². The Labute approximate surface area is 128 Å². The van der Waals surface area contributed by atoms with Gasteiger partial charge < -0.3 is 10.6 Å². The lowest BCUT2D eigenvalue weighted by Gasteiger charge is -2.01. The molecule has 1 aromatic rings. The summed E-state index contributed by atoms with van der Waals surface area (Å²) in [6.45, 7) is 1.12. The molecule has 0 spiro atoms. The van der Waals surface area contributed by atoms with Gasteiger partial charge in [0.25, 0.3) is 0 Å². The van der Waals surface area contributed by atoms with E-state index < -0.39 is 5.97 Å². The van der Waals surface area contributed by atoms with Gasteiger partial charge in [-0.3, -0.25) is 4.79 Å². The molecule has 0 amide bonds. The minimum atomic E-state index is -0.665. The van der Waals surface area contributed by atoms with Crippen LogP contribution in [0.2, 0.25) is 0 Å². The maximum atomic E-state index is 10.3. The van der Waals surface area contributed by atoms with Crippen molar-refractivity contribution in [3.63, 3.8) is 0 Å². The van der Waals surface area contributed by atoms with E-state index in [1.54, 1.807) is 0 Å². The fraction of sp³-hybridized carbons (Fsp3) is 0.647. The molecular weight excluding hydrogens is 266 g/mol. The first kappa shape index (κ1) is 19.6. The zero-order valence-corrected chi connectivity index (χ0v) is 12.9. The van der Waals surface area contributed by atoms with E-state index in [0.717, 1.165) is 19.4 Å². The average molecular weight is 295 g/mol. The van der Waals surface area contributed by atoms with Crippen molar-refractivity contribution in [1.82, 2.24) is 0 Å². The second kappa shape index (κ2) is 13.6. The second-order valence-electron chi connectivity index (χ2n) is 5.44. The third-order valence-corrected chi connectivity index (χ3v) is 3.58. The maximum Gasteiger partial charge on any atom is 0.303 e. The summed E-state index contributed by atoms with van der Waals surface area (Å²) in [6.07, 6.45) is 15.4. The second-order valence-corrected chi connectivity index (χ2v) is 5.44. The van der Waals surface area contributed by atoms with E-state index in [1.165, 1.54) is 44.9 Å². The molecular formula is C17H29NO3. The predicted octanol–water partition coefficient (Wildman–Crippen LogP) is 3.78. The summed E-state index contributed by atoms with van der Waals surface area (Å²) in [5, 5.41) is 8.52. The Bertz CT molecular complexity index is 354. The Morgan fingerprint density at radius 3 is 1.76 bits per heavy atom. The number of nitrogens with zero attached hydrogens (tertiary/aromatic N) is 1. The Morgan fingerprint density at radius 2 is 1.24 bits per heavy atom. The van der Waals surface area contributed by atoms with Crippen LogP contribution in [0.25, 0.3) is 0 Å². The largest absolute Gasteiger partial charge is 0.870 e. The fourth-order valence-electron chi connectivity index (χ4n) is 2.39. The summed E-state index contributed by atoms with van der Waals surface area (Å²) in [5.41, 5.74) is 0. The summed E-state index contributed by atoms with van der Waals surface area (Å²) in [4.78, 5) is 10.3. The van der Waals surface area contributed by atoms with Crippen LogP contribution in [0.5, 0.6) is 0 Å². The molecule has 0 radical (unpaired) electrons. The van der Waals surface area contributed by atoms with Gasteiger partial charge in [-0.15, -0.1) is 0 Å². The number of pyridine rings is 1. The number of carboxylic acid groups (broad SMARTS) is 1. The average Bonchev–Trinajstić information content (AvgIpc) is 2.45. The van der Waals surface area contributed by atoms with Crippen LogP contribution in [0.4, 0.5) is 0 Å². The standard InChI is InChI=1S/C17H27NO2.H2O/c19-17(20)13-9-6-4-2-1-3-5-7-10-14-18-15-11-8-12-16-18;/h8,11-12,15-16H,1-7,9-10,13-14H2;1H2. The first-order valence-corrected chi connectivity index (χ1v) is 7.95. The van der Waals surface area contributed by atoms with E-state index in [-0.39, 0.29) is 5.48 Å². The monoisotopic (exact) mass is 295 g/mol. The normalized spacial score (nSPS) is 10.1. The number of hydrogen-bond donors (Lipinski definition) is 1. The number of unbranched alkanes of at least 4 members (excludes halogenated alkanes) is 8. The molecule has 120 valence electrons. The lowest BCUT2D eigenvalue weighted by molar-refractivity contribution is -0.697. The van der Waals surface area contributed by atoms with Crippen LogP contribution in [-0.4, -0.2) is 16.6 Å². The first-order chi connectivity index (χ1) is 9.79. The first-order valence-electron chi connectivity index (χ1n) is 7.95. The molecule has 0 aliphatic rings. The molecule has 1 heterocycles. The van der Waals surface area contributed by atoms with Gasteiger partial charge in [0.05, 0.1) is 0 Å². The molecule has 21 heavy (non-hydrogen) atoms. The molecule has 0 aromatic carbocycles. The Balaban J connectivity index is 0.00000400. The van der Waals surface area contributed by atoms with Crippen molar-refractivity contribution in [3.05, 3.63) is 30.6 Å². The number of carboxylic acids is 1. The van der Waals surface area contributed by atoms with Crippen molar-refractivity contribution >= 4 is 5.97 Å². The highest BCUT2D eigenvalue weighted by atomic mass is 16.4. The van der Waals surface area contributed by atoms with E-state index >= 15 is 0 Å². The lowest BCUT2D eigenvalue weighted by Crippen LogP contribution is -2.32. The molecule has 4 nitrogen and oxygen atoms in total. The van der Waals surface area contributed by atoms with E-state index in [0.29, 0.717) is 6.42 Å². The third-order valence-electron chi connectivity index (χ3n) is 3.58. The van der Waals surface area contributed by atoms with Gasteiger partial charge in [-0.2, -0.15) is 0 Å². The SMILES string of the molecule is O=C(O)CCCCCCCCCCC[n+]1ccccc1.[OH-]. The molecule has 1 aromatic heterocycles. The highest BCUT2D eigenvalue weighted by Crippen LogP contribution is 2.10. The summed E-state index contributed by atoms with van der Waals surface area (Å²) in [7, 11) is 0. The maximum absolute atomic E-state index is 10.3. The highest BCUT2D eigenvalue weighted by molar-refractivity contribution is 5.66. The highest BCUT2D eigenvalue weighted by Gasteiger charge is 1.98. The lowest BCUT2D eigenvalue weighted by atomic mass is 10.1. The van der Waals surface area contributed by atoms with Crippen molar-refractivity contribution in [2.24, 2.45) is 0 Å². The van der Waals surface area contributed by atoms with Crippen LogP contribution in [0.3, 0.4) is 0 Å². The predicted molar refractivity (Wildman–Crippen MR) is 82.4 cm³/mol. The molecule has 0 unspecified atom stereocenters. The Kier molecular flexibility index (Phi) is 12.6. The number of aromatic nitrogens is 1. The van der Waals surface area contributed by atoms with Crippen molar-refractivity contribution < 1.29 is 19.9 Å². The molecule has 0 aliphatic carbocycles. The van der Waals surface area contributed by atoms with Gasteiger partial charge in [-0.1, -0.05) is 44.6 Å². The minimum absolute atomic E-state index is 0. The minimum Gasteiger partial charge on any atom is -0.870 e. The molecule has 4 heteroatoms. The van der Waals surface area contributed by atoms with Crippen LogP contribution in [0, 0.1) is 0 Å². The van der Waals surface area contributed by atoms with Crippen LogP contribution in [-0.2, 0) is 11.3 Å². The van der Waals surface area contributed by atoms with Crippen molar-refractivity contribution in [3.8, 4) is 0 Å². The summed E-state index contributed by atoms with van der Waals surface area (Å²) < 4.78 is 2.24. The Morgan fingerprint density at radius 1 is 0.762 bits per heavy atom. The van der Waals surface area contributed by atoms with Gasteiger partial charge in [0.2, 0.25) is 0 Å². The zero-order valence-electron chi connectivity index (χ0n) is 12.9. The van der Waals surface area contributed by atoms with E-state index in [9.17, 15) is 4.79 Å². The fourth-order valence-corrected chi connectivity index (χ4v) is 2.39. The summed E-state index contributed by atoms with van der Waals surface area (Å²) in [6, 6.07) is 6.20. The van der Waals surface area contributed by atoms with E-state index in [2.05, 4.69) is 29.1 Å². The molecule has 1 rings (SSSR count). The summed E-state index contributed by atoms with van der Waals surface area (Å²) >= 11 is 0. The van der Waals surface area contributed by atoms with Gasteiger partial charge >= 0.3 is 5.97 Å². The van der Waals surface area contributed by atoms with Crippen LogP contribution < -0.4 is 4.57 Å². The molecule has 0 aliphatic heterocycles. The Hall–Kier alpha value is -1.42. The quantitative estimate of drug-likeness (QED) is 0.471. The third kappa shape index (κ3) is 12.1. The topological polar surface area (TPSA) is 71.2 Å². The molecule has 0 fully saturated rings. The van der Waals surface area contributed by atoms with E-state index in [1.807, 2.05) is 6.07 Å². The number of rotatable bonds is 12. The molecule has 0 atom stereocenters. The molecule has 0 saturated carbocycles. The molecule has 0 bridgehead atoms. The van der Waals surface area contributed by atoms with Gasteiger partial charge in [-0.25, -0.2) is 4.57 Å². The molecule has 0 saturated heterocycles. The van der Waals surface area contributed by atoms with Gasteiger partial charge in [-0.05, 0) is 12.8 Å². The number of aliphatic carboxylic acids is 1. The smallest absolute Gasteiger partial charge is 0.303 e. The van der Waals surface area contributed by atoms with Gasteiger partial charge in [0.1, 0.15) is 6.54 Å². The van der Waals surface area contributed by atoms with Crippen LogP contribution in [0.1, 0.15) is 64.2 Å². The number of hydrogen-bond acceptors (Lipinski definition) is 2.